The standard InChI is InChI=1S/C26H25ClN2O5S/c1-3-34-21-12-10-20(11-13-21)29-25(30)16-24(26(29)31)28(17-19-6-4-5-7-23(19)27)35(32,33)22-14-8-18(2)9-15-22/h4-15,24H,3,16-17H2,1-2H3. The molecule has 1 heterocycles. The summed E-state index contributed by atoms with van der Waals surface area (Å²) < 4.78 is 34.0. The molecule has 0 saturated carbocycles. The molecule has 2 amide bonds. The molecule has 9 heteroatoms. The van der Waals surface area contributed by atoms with E-state index in [-0.39, 0.29) is 17.9 Å². The number of nitrogens with zero attached hydrogens (tertiary/aromatic N) is 2. The van der Waals surface area contributed by atoms with Gasteiger partial charge in [-0.1, -0.05) is 47.5 Å². The molecule has 0 aromatic heterocycles. The van der Waals surface area contributed by atoms with Crippen molar-refractivity contribution in [2.75, 3.05) is 11.5 Å². The topological polar surface area (TPSA) is 84.0 Å². The van der Waals surface area contributed by atoms with Crippen molar-refractivity contribution in [1.82, 2.24) is 4.31 Å². The van der Waals surface area contributed by atoms with Gasteiger partial charge in [-0.3, -0.25) is 9.59 Å². The number of aryl methyl sites for hydroxylation is 1. The maximum Gasteiger partial charge on any atom is 0.252 e. The Bertz CT molecular complexity index is 1340. The van der Waals surface area contributed by atoms with Crippen molar-refractivity contribution in [1.29, 1.82) is 0 Å². The summed E-state index contributed by atoms with van der Waals surface area (Å²) in [6, 6.07) is 18.5. The Kier molecular flexibility index (Phi) is 7.25. The molecule has 1 aliphatic rings. The van der Waals surface area contributed by atoms with E-state index in [4.69, 9.17) is 16.3 Å². The zero-order valence-electron chi connectivity index (χ0n) is 19.3. The summed E-state index contributed by atoms with van der Waals surface area (Å²) in [7, 11) is -4.14. The maximum absolute atomic E-state index is 13.7. The highest BCUT2D eigenvalue weighted by Crippen LogP contribution is 2.32. The monoisotopic (exact) mass is 512 g/mol. The Morgan fingerprint density at radius 2 is 1.66 bits per heavy atom. The predicted molar refractivity (Wildman–Crippen MR) is 134 cm³/mol. The van der Waals surface area contributed by atoms with Gasteiger partial charge in [0.2, 0.25) is 15.9 Å². The van der Waals surface area contributed by atoms with Crippen LogP contribution in [0.5, 0.6) is 5.75 Å². The van der Waals surface area contributed by atoms with Crippen molar-refractivity contribution < 1.29 is 22.7 Å². The van der Waals surface area contributed by atoms with Gasteiger partial charge in [-0.25, -0.2) is 13.3 Å². The van der Waals surface area contributed by atoms with Gasteiger partial charge in [0.15, 0.2) is 0 Å². The highest BCUT2D eigenvalue weighted by molar-refractivity contribution is 7.89. The van der Waals surface area contributed by atoms with Crippen molar-refractivity contribution in [2.45, 2.75) is 37.8 Å². The van der Waals surface area contributed by atoms with E-state index >= 15 is 0 Å². The van der Waals surface area contributed by atoms with Gasteiger partial charge >= 0.3 is 0 Å². The first-order valence-electron chi connectivity index (χ1n) is 11.1. The zero-order chi connectivity index (χ0) is 25.2. The number of hydrogen-bond donors (Lipinski definition) is 0. The lowest BCUT2D eigenvalue weighted by atomic mass is 10.2. The van der Waals surface area contributed by atoms with Crippen LogP contribution in [0.4, 0.5) is 5.69 Å². The van der Waals surface area contributed by atoms with Gasteiger partial charge in [0.05, 0.1) is 23.6 Å². The SMILES string of the molecule is CCOc1ccc(N2C(=O)CC(N(Cc3ccccc3Cl)S(=O)(=O)c3ccc(C)cc3)C2=O)cc1. The van der Waals surface area contributed by atoms with Gasteiger partial charge in [-0.2, -0.15) is 4.31 Å². The molecule has 0 aliphatic carbocycles. The molecule has 1 aliphatic heterocycles. The van der Waals surface area contributed by atoms with Gasteiger partial charge in [0, 0.05) is 11.6 Å². The molecule has 182 valence electrons. The van der Waals surface area contributed by atoms with Crippen LogP contribution in [-0.2, 0) is 26.2 Å². The number of anilines is 1. The molecule has 0 spiro atoms. The minimum absolute atomic E-state index is 0.0370. The maximum atomic E-state index is 13.7. The van der Waals surface area contributed by atoms with Crippen LogP contribution in [0.25, 0.3) is 0 Å². The van der Waals surface area contributed by atoms with E-state index in [1.807, 2.05) is 13.8 Å². The molecule has 4 rings (SSSR count). The summed E-state index contributed by atoms with van der Waals surface area (Å²) in [5, 5.41) is 0.372. The first kappa shape index (κ1) is 24.9. The Morgan fingerprint density at radius 3 is 2.29 bits per heavy atom. The minimum Gasteiger partial charge on any atom is -0.494 e. The molecule has 1 unspecified atom stereocenters. The highest BCUT2D eigenvalue weighted by atomic mass is 35.5. The summed E-state index contributed by atoms with van der Waals surface area (Å²) in [4.78, 5) is 27.5. The van der Waals surface area contributed by atoms with Crippen molar-refractivity contribution in [2.24, 2.45) is 0 Å². The predicted octanol–water partition coefficient (Wildman–Crippen LogP) is 4.57. The Balaban J connectivity index is 1.73. The van der Waals surface area contributed by atoms with Crippen molar-refractivity contribution in [3.63, 3.8) is 0 Å². The van der Waals surface area contributed by atoms with Gasteiger partial charge < -0.3 is 4.74 Å². The Labute approximate surface area is 209 Å². The fraction of sp³-hybridized carbons (Fsp3) is 0.231. The van der Waals surface area contributed by atoms with Crippen LogP contribution >= 0.6 is 11.6 Å². The second-order valence-electron chi connectivity index (χ2n) is 8.17. The van der Waals surface area contributed by atoms with Crippen LogP contribution in [0.2, 0.25) is 5.02 Å². The third-order valence-electron chi connectivity index (χ3n) is 5.79. The molecular weight excluding hydrogens is 488 g/mol. The number of hydrogen-bond acceptors (Lipinski definition) is 5. The van der Waals surface area contributed by atoms with Gasteiger partial charge in [-0.05, 0) is 61.9 Å². The summed E-state index contributed by atoms with van der Waals surface area (Å²) >= 11 is 6.33. The second kappa shape index (κ2) is 10.2. The average molecular weight is 513 g/mol. The van der Waals surface area contributed by atoms with Crippen LogP contribution in [0.3, 0.4) is 0 Å². The largest absolute Gasteiger partial charge is 0.494 e. The van der Waals surface area contributed by atoms with E-state index in [0.29, 0.717) is 28.6 Å². The normalized spacial score (nSPS) is 16.2. The molecule has 1 saturated heterocycles. The zero-order valence-corrected chi connectivity index (χ0v) is 20.9. The number of halogens is 1. The fourth-order valence-electron chi connectivity index (χ4n) is 3.97. The van der Waals surface area contributed by atoms with Gasteiger partial charge in [-0.15, -0.1) is 0 Å². The Hall–Kier alpha value is -3.20. The summed E-state index contributed by atoms with van der Waals surface area (Å²) in [6.45, 7) is 4.04. The Morgan fingerprint density at radius 1 is 1.00 bits per heavy atom. The van der Waals surface area contributed by atoms with Crippen LogP contribution in [-0.4, -0.2) is 37.2 Å². The highest BCUT2D eigenvalue weighted by Gasteiger charge is 2.47. The number of carbonyl (C=O) groups excluding carboxylic acids is 2. The van der Waals surface area contributed by atoms with E-state index in [1.54, 1.807) is 60.7 Å². The lowest BCUT2D eigenvalue weighted by Gasteiger charge is -2.27. The first-order valence-corrected chi connectivity index (χ1v) is 13.0. The summed E-state index contributed by atoms with van der Waals surface area (Å²) in [5.41, 5.74) is 1.79. The van der Waals surface area contributed by atoms with E-state index in [9.17, 15) is 18.0 Å². The van der Waals surface area contributed by atoms with E-state index in [1.165, 1.54) is 12.1 Å². The van der Waals surface area contributed by atoms with Gasteiger partial charge in [0.25, 0.3) is 5.91 Å². The molecule has 0 radical (unpaired) electrons. The molecule has 0 N–H and O–H groups in total. The number of imide groups is 1. The molecule has 3 aromatic rings. The number of sulfonamides is 1. The van der Waals surface area contributed by atoms with E-state index in [0.717, 1.165) is 14.8 Å². The molecule has 7 nitrogen and oxygen atoms in total. The van der Waals surface area contributed by atoms with Crippen LogP contribution < -0.4 is 9.64 Å². The molecule has 1 atom stereocenters. The molecule has 0 bridgehead atoms. The van der Waals surface area contributed by atoms with Crippen molar-refractivity contribution in [3.8, 4) is 5.75 Å². The smallest absolute Gasteiger partial charge is 0.252 e. The van der Waals surface area contributed by atoms with E-state index in [2.05, 4.69) is 0 Å². The number of benzene rings is 3. The van der Waals surface area contributed by atoms with Crippen LogP contribution in [0.1, 0.15) is 24.5 Å². The van der Waals surface area contributed by atoms with Crippen molar-refractivity contribution in [3.05, 3.63) is 88.9 Å². The third-order valence-corrected chi connectivity index (χ3v) is 8.03. The summed E-state index contributed by atoms with van der Waals surface area (Å²) in [5.74, 6) is -0.483. The average Bonchev–Trinajstić information content (AvgIpc) is 3.13. The molecule has 1 fully saturated rings. The number of carbonyl (C=O) groups is 2. The number of ether oxygens (including phenoxy) is 1. The van der Waals surface area contributed by atoms with E-state index < -0.39 is 27.9 Å². The fourth-order valence-corrected chi connectivity index (χ4v) is 5.73. The molecular formula is C26H25ClN2O5S. The number of amides is 2. The number of rotatable bonds is 8. The summed E-state index contributed by atoms with van der Waals surface area (Å²) in [6.07, 6.45) is -0.276. The lowest BCUT2D eigenvalue weighted by molar-refractivity contribution is -0.122. The minimum atomic E-state index is -4.14. The van der Waals surface area contributed by atoms with Crippen molar-refractivity contribution >= 4 is 39.1 Å². The quantitative estimate of drug-likeness (QED) is 0.413. The first-order chi connectivity index (χ1) is 16.7. The molecule has 35 heavy (non-hydrogen) atoms. The van der Waals surface area contributed by atoms with Crippen LogP contribution in [0.15, 0.2) is 77.7 Å². The third kappa shape index (κ3) is 5.10. The van der Waals surface area contributed by atoms with Crippen LogP contribution in [0, 0.1) is 6.92 Å². The lowest BCUT2D eigenvalue weighted by Crippen LogP contribution is -2.45. The molecule has 3 aromatic carbocycles. The van der Waals surface area contributed by atoms with Gasteiger partial charge in [0.1, 0.15) is 11.8 Å². The second-order valence-corrected chi connectivity index (χ2v) is 10.5.